The predicted molar refractivity (Wildman–Crippen MR) is 47.7 cm³/mol. The zero-order chi connectivity index (χ0) is 8.60. The normalized spacial score (nSPS) is 28.2. The summed E-state index contributed by atoms with van der Waals surface area (Å²) in [6.45, 7) is 4.46. The van der Waals surface area contributed by atoms with Gasteiger partial charge in [0.1, 0.15) is 5.94 Å². The minimum absolute atomic E-state index is 0.494. The van der Waals surface area contributed by atoms with Crippen molar-refractivity contribution in [3.8, 4) is 0 Å². The van der Waals surface area contributed by atoms with Crippen LogP contribution < -0.4 is 0 Å². The molecule has 2 rings (SSSR count). The Bertz CT molecular complexity index is 226. The molecule has 0 aromatic carbocycles. The topological polar surface area (TPSA) is 20.3 Å². The second kappa shape index (κ2) is 2.72. The molecule has 2 aliphatic rings. The van der Waals surface area contributed by atoms with Crippen LogP contribution in [0.5, 0.6) is 0 Å². The SMILES string of the molecule is CC1(N2CCC(=C=O)CC2)CC1. The van der Waals surface area contributed by atoms with E-state index in [0.717, 1.165) is 31.5 Å². The zero-order valence-electron chi connectivity index (χ0n) is 7.60. The lowest BCUT2D eigenvalue weighted by molar-refractivity contribution is 0.178. The van der Waals surface area contributed by atoms with Crippen LogP contribution in [0.4, 0.5) is 0 Å². The molecule has 1 saturated carbocycles. The monoisotopic (exact) mass is 165 g/mol. The summed E-state index contributed by atoms with van der Waals surface area (Å²) in [6, 6.07) is 0. The van der Waals surface area contributed by atoms with Crippen LogP contribution in [0, 0.1) is 0 Å². The molecule has 1 saturated heterocycles. The summed E-state index contributed by atoms with van der Waals surface area (Å²) in [5.74, 6) is 2.04. The molecule has 0 amide bonds. The van der Waals surface area contributed by atoms with E-state index < -0.39 is 0 Å². The van der Waals surface area contributed by atoms with Gasteiger partial charge >= 0.3 is 0 Å². The molecule has 0 atom stereocenters. The van der Waals surface area contributed by atoms with Crippen molar-refractivity contribution >= 4 is 5.94 Å². The zero-order valence-corrected chi connectivity index (χ0v) is 7.60. The van der Waals surface area contributed by atoms with E-state index in [1.54, 1.807) is 0 Å². The summed E-state index contributed by atoms with van der Waals surface area (Å²) in [7, 11) is 0. The van der Waals surface area contributed by atoms with Gasteiger partial charge in [-0.1, -0.05) is 0 Å². The molecule has 1 heterocycles. The van der Waals surface area contributed by atoms with Crippen molar-refractivity contribution in [2.75, 3.05) is 13.1 Å². The van der Waals surface area contributed by atoms with Gasteiger partial charge in [-0.2, -0.15) is 0 Å². The second-order valence-electron chi connectivity index (χ2n) is 4.19. The van der Waals surface area contributed by atoms with Crippen molar-refractivity contribution in [3.63, 3.8) is 0 Å². The molecule has 0 spiro atoms. The third-order valence-electron chi connectivity index (χ3n) is 3.25. The first-order chi connectivity index (χ1) is 5.74. The van der Waals surface area contributed by atoms with Crippen LogP contribution in [-0.2, 0) is 4.79 Å². The van der Waals surface area contributed by atoms with E-state index in [1.807, 2.05) is 5.94 Å². The smallest absolute Gasteiger partial charge is 0.123 e. The molecule has 0 radical (unpaired) electrons. The highest BCUT2D eigenvalue weighted by Crippen LogP contribution is 2.42. The molecule has 2 fully saturated rings. The van der Waals surface area contributed by atoms with Crippen LogP contribution in [0.1, 0.15) is 32.6 Å². The summed E-state index contributed by atoms with van der Waals surface area (Å²) in [5, 5.41) is 0. The van der Waals surface area contributed by atoms with E-state index in [-0.39, 0.29) is 0 Å². The largest absolute Gasteiger partial charge is 0.297 e. The van der Waals surface area contributed by atoms with E-state index >= 15 is 0 Å². The van der Waals surface area contributed by atoms with Crippen LogP contribution >= 0.6 is 0 Å². The third-order valence-corrected chi connectivity index (χ3v) is 3.25. The summed E-state index contributed by atoms with van der Waals surface area (Å²) in [5.41, 5.74) is 1.48. The average Bonchev–Trinajstić information content (AvgIpc) is 2.85. The Morgan fingerprint density at radius 1 is 1.33 bits per heavy atom. The van der Waals surface area contributed by atoms with Gasteiger partial charge in [-0.05, 0) is 32.6 Å². The van der Waals surface area contributed by atoms with Crippen LogP contribution in [-0.4, -0.2) is 29.5 Å². The van der Waals surface area contributed by atoms with Crippen molar-refractivity contribution in [1.82, 2.24) is 4.90 Å². The van der Waals surface area contributed by atoms with Crippen molar-refractivity contribution in [2.45, 2.75) is 38.1 Å². The molecule has 1 aliphatic carbocycles. The quantitative estimate of drug-likeness (QED) is 0.547. The Kier molecular flexibility index (Phi) is 1.82. The molecule has 12 heavy (non-hydrogen) atoms. The van der Waals surface area contributed by atoms with Gasteiger partial charge < -0.3 is 0 Å². The van der Waals surface area contributed by atoms with E-state index in [0.29, 0.717) is 5.54 Å². The third kappa shape index (κ3) is 1.33. The van der Waals surface area contributed by atoms with Crippen molar-refractivity contribution in [3.05, 3.63) is 5.57 Å². The fourth-order valence-electron chi connectivity index (χ4n) is 1.92. The summed E-state index contributed by atoms with van der Waals surface area (Å²) in [6.07, 6.45) is 4.57. The molecule has 0 aromatic heterocycles. The minimum atomic E-state index is 0.494. The lowest BCUT2D eigenvalue weighted by atomic mass is 10.0. The van der Waals surface area contributed by atoms with Gasteiger partial charge in [0, 0.05) is 24.2 Å². The minimum Gasteiger partial charge on any atom is -0.297 e. The Hall–Kier alpha value is -0.590. The maximum Gasteiger partial charge on any atom is 0.123 e. The van der Waals surface area contributed by atoms with Crippen molar-refractivity contribution < 1.29 is 4.79 Å². The average molecular weight is 165 g/mol. The van der Waals surface area contributed by atoms with Gasteiger partial charge in [0.15, 0.2) is 0 Å². The van der Waals surface area contributed by atoms with Crippen LogP contribution in [0.15, 0.2) is 5.57 Å². The second-order valence-corrected chi connectivity index (χ2v) is 4.19. The highest BCUT2D eigenvalue weighted by molar-refractivity contribution is 5.52. The lowest BCUT2D eigenvalue weighted by Gasteiger charge is -2.32. The first-order valence-electron chi connectivity index (χ1n) is 4.72. The summed E-state index contributed by atoms with van der Waals surface area (Å²) in [4.78, 5) is 12.9. The van der Waals surface area contributed by atoms with Crippen LogP contribution in [0.3, 0.4) is 0 Å². The Balaban J connectivity index is 1.94. The number of nitrogens with zero attached hydrogens (tertiary/aromatic N) is 1. The number of hydrogen-bond donors (Lipinski definition) is 0. The molecule has 2 heteroatoms. The van der Waals surface area contributed by atoms with Gasteiger partial charge in [-0.25, -0.2) is 4.79 Å². The fourth-order valence-corrected chi connectivity index (χ4v) is 1.92. The lowest BCUT2D eigenvalue weighted by Crippen LogP contribution is -2.39. The molecule has 0 unspecified atom stereocenters. The molecule has 1 aliphatic heterocycles. The fraction of sp³-hybridized carbons (Fsp3) is 0.800. The molecule has 0 bridgehead atoms. The molecular weight excluding hydrogens is 150 g/mol. The Morgan fingerprint density at radius 2 is 1.92 bits per heavy atom. The van der Waals surface area contributed by atoms with E-state index in [2.05, 4.69) is 11.8 Å². The number of likely N-dealkylation sites (tertiary alicyclic amines) is 1. The van der Waals surface area contributed by atoms with Gasteiger partial charge in [0.05, 0.1) is 0 Å². The highest BCUT2D eigenvalue weighted by atomic mass is 16.1. The maximum absolute atomic E-state index is 10.4. The van der Waals surface area contributed by atoms with Crippen LogP contribution in [0.2, 0.25) is 0 Å². The van der Waals surface area contributed by atoms with Crippen molar-refractivity contribution in [2.24, 2.45) is 0 Å². The Morgan fingerprint density at radius 3 is 2.33 bits per heavy atom. The van der Waals surface area contributed by atoms with Gasteiger partial charge in [0.25, 0.3) is 0 Å². The summed E-state index contributed by atoms with van der Waals surface area (Å²) < 4.78 is 0. The number of piperidine rings is 1. The van der Waals surface area contributed by atoms with E-state index in [1.165, 1.54) is 12.8 Å². The van der Waals surface area contributed by atoms with Gasteiger partial charge in [-0.15, -0.1) is 0 Å². The number of hydrogen-bond acceptors (Lipinski definition) is 2. The Labute approximate surface area is 73.2 Å². The molecular formula is C10H15NO. The maximum atomic E-state index is 10.4. The highest BCUT2D eigenvalue weighted by Gasteiger charge is 2.43. The number of carbonyl (C=O) groups excluding carboxylic acids is 1. The molecule has 0 N–H and O–H groups in total. The molecule has 66 valence electrons. The predicted octanol–water partition coefficient (Wildman–Crippen LogP) is 1.39. The van der Waals surface area contributed by atoms with Gasteiger partial charge in [0.2, 0.25) is 0 Å². The first-order valence-corrected chi connectivity index (χ1v) is 4.72. The summed E-state index contributed by atoms with van der Waals surface area (Å²) >= 11 is 0. The molecule has 0 aromatic rings. The van der Waals surface area contributed by atoms with Crippen LogP contribution in [0.25, 0.3) is 0 Å². The number of rotatable bonds is 1. The first kappa shape index (κ1) is 8.03. The van der Waals surface area contributed by atoms with Crippen molar-refractivity contribution in [1.29, 1.82) is 0 Å². The van der Waals surface area contributed by atoms with Gasteiger partial charge in [-0.3, -0.25) is 4.90 Å². The van der Waals surface area contributed by atoms with E-state index in [9.17, 15) is 4.79 Å². The standard InChI is InChI=1S/C10H15NO/c1-10(4-5-10)11-6-2-9(8-12)3-7-11/h2-7H2,1H3. The van der Waals surface area contributed by atoms with E-state index in [4.69, 9.17) is 0 Å². The molecule has 2 nitrogen and oxygen atoms in total.